The Hall–Kier alpha value is -1.18. The SMILES string of the molecule is CC(C)=CCC[C@](C)(O[C@@H]1O[C@H](CO[C@@H]2O[C@H](CO)[C@@H](O)[C@H](O)[C@H]2O)[C@@H](O)[C@H](O)[C@H]1O)[C@H]1CC[C@@]2(C)[C@H]1[C@@H](O)CC1[C@@]3(C)CCC(O[C@@H]4O[C@H](CO)[C@@H](O)[C@H](O)[C@H]4O[C@@H]4O[C@H](CO)[C@@H](O)[C@H](O)[C@H]4O)C(C)(C)C3CC[C@]12C. The van der Waals surface area contributed by atoms with Crippen molar-refractivity contribution in [1.29, 1.82) is 0 Å². The Morgan fingerprint density at radius 1 is 0.545 bits per heavy atom. The lowest BCUT2D eigenvalue weighted by Crippen LogP contribution is -2.68. The van der Waals surface area contributed by atoms with Gasteiger partial charge in [0.2, 0.25) is 0 Å². The van der Waals surface area contributed by atoms with E-state index in [9.17, 15) is 76.6 Å². The van der Waals surface area contributed by atoms with Gasteiger partial charge in [-0.2, -0.15) is 0 Å². The molecule has 4 heterocycles. The summed E-state index contributed by atoms with van der Waals surface area (Å²) >= 11 is 0. The number of ether oxygens (including phenoxy) is 8. The van der Waals surface area contributed by atoms with Crippen LogP contribution in [-0.2, 0) is 37.9 Å². The van der Waals surface area contributed by atoms with Gasteiger partial charge in [0.15, 0.2) is 25.2 Å². The molecule has 0 bridgehead atoms. The van der Waals surface area contributed by atoms with Crippen molar-refractivity contribution in [2.45, 2.75) is 254 Å². The molecule has 0 spiro atoms. The molecular formula is C54H92O23. The van der Waals surface area contributed by atoms with Crippen LogP contribution in [-0.4, -0.2) is 244 Å². The highest BCUT2D eigenvalue weighted by molar-refractivity contribution is 5.20. The van der Waals surface area contributed by atoms with Gasteiger partial charge in [0.05, 0.1) is 44.2 Å². The van der Waals surface area contributed by atoms with Crippen LogP contribution in [0.4, 0.5) is 0 Å². The van der Waals surface area contributed by atoms with Gasteiger partial charge in [0, 0.05) is 0 Å². The Kier molecular flexibility index (Phi) is 18.9. The van der Waals surface area contributed by atoms with Gasteiger partial charge < -0.3 is 114 Å². The number of allylic oxidation sites excluding steroid dienone is 2. The smallest absolute Gasteiger partial charge is 0.187 e. The van der Waals surface area contributed by atoms with Crippen LogP contribution in [0.25, 0.3) is 0 Å². The van der Waals surface area contributed by atoms with Gasteiger partial charge in [0.25, 0.3) is 0 Å². The highest BCUT2D eigenvalue weighted by Crippen LogP contribution is 2.76. The molecule has 3 unspecified atom stereocenters. The maximum Gasteiger partial charge on any atom is 0.187 e. The molecule has 23 nitrogen and oxygen atoms in total. The molecule has 0 aromatic carbocycles. The molecule has 4 aliphatic heterocycles. The van der Waals surface area contributed by atoms with Gasteiger partial charge in [0.1, 0.15) is 97.7 Å². The third-order valence-corrected chi connectivity index (χ3v) is 20.9. The third kappa shape index (κ3) is 10.9. The first kappa shape index (κ1) is 61.9. The molecule has 15 N–H and O–H groups in total. The average molecular weight is 1110 g/mol. The summed E-state index contributed by atoms with van der Waals surface area (Å²) in [4.78, 5) is 0. The van der Waals surface area contributed by atoms with Crippen molar-refractivity contribution in [3.05, 3.63) is 11.6 Å². The molecule has 0 aromatic rings. The van der Waals surface area contributed by atoms with E-state index in [1.165, 1.54) is 0 Å². The summed E-state index contributed by atoms with van der Waals surface area (Å²) in [6.07, 6.45) is -25.2. The van der Waals surface area contributed by atoms with Crippen molar-refractivity contribution in [2.24, 2.45) is 45.3 Å². The second kappa shape index (κ2) is 23.5. The van der Waals surface area contributed by atoms with Crippen molar-refractivity contribution in [3.8, 4) is 0 Å². The number of hydrogen-bond donors (Lipinski definition) is 15. The summed E-state index contributed by atoms with van der Waals surface area (Å²) in [5.74, 6) is -0.475. The van der Waals surface area contributed by atoms with E-state index in [2.05, 4.69) is 40.7 Å². The summed E-state index contributed by atoms with van der Waals surface area (Å²) in [5.41, 5.74) is -1.59. The highest BCUT2D eigenvalue weighted by Gasteiger charge is 2.72. The molecule has 23 heteroatoms. The maximum atomic E-state index is 12.8. The Morgan fingerprint density at radius 2 is 1.05 bits per heavy atom. The largest absolute Gasteiger partial charge is 0.394 e. The van der Waals surface area contributed by atoms with E-state index in [0.29, 0.717) is 38.5 Å². The first-order valence-electron chi connectivity index (χ1n) is 27.9. The number of rotatable bonds is 16. The van der Waals surface area contributed by atoms with E-state index in [-0.39, 0.29) is 34.5 Å². The van der Waals surface area contributed by atoms with Crippen LogP contribution >= 0.6 is 0 Å². The van der Waals surface area contributed by atoms with Gasteiger partial charge >= 0.3 is 0 Å². The fourth-order valence-electron chi connectivity index (χ4n) is 16.3. The second-order valence-corrected chi connectivity index (χ2v) is 25.7. The Labute approximate surface area is 450 Å². The first-order chi connectivity index (χ1) is 36.0. The van der Waals surface area contributed by atoms with E-state index in [0.717, 1.165) is 24.8 Å². The minimum atomic E-state index is -1.82. The normalized spacial score (nSPS) is 52.7. The number of fused-ring (bicyclic) bond motifs is 5. The van der Waals surface area contributed by atoms with Gasteiger partial charge in [-0.1, -0.05) is 46.3 Å². The topological polar surface area (TPSA) is 377 Å². The summed E-state index contributed by atoms with van der Waals surface area (Å²) in [7, 11) is 0. The lowest BCUT2D eigenvalue weighted by atomic mass is 9.35. The van der Waals surface area contributed by atoms with Gasteiger partial charge in [-0.15, -0.1) is 0 Å². The van der Waals surface area contributed by atoms with Gasteiger partial charge in [-0.05, 0) is 124 Å². The van der Waals surface area contributed by atoms with E-state index >= 15 is 0 Å². The summed E-state index contributed by atoms with van der Waals surface area (Å²) < 4.78 is 48.9. The molecule has 446 valence electrons. The van der Waals surface area contributed by atoms with Crippen LogP contribution in [0.2, 0.25) is 0 Å². The van der Waals surface area contributed by atoms with E-state index in [4.69, 9.17) is 37.9 Å². The summed E-state index contributed by atoms with van der Waals surface area (Å²) in [6.45, 7) is 14.6. The van der Waals surface area contributed by atoms with Crippen molar-refractivity contribution in [1.82, 2.24) is 0 Å². The van der Waals surface area contributed by atoms with E-state index in [1.54, 1.807) is 0 Å². The molecule has 0 aromatic heterocycles. The van der Waals surface area contributed by atoms with Crippen LogP contribution < -0.4 is 0 Å². The van der Waals surface area contributed by atoms with E-state index in [1.807, 2.05) is 20.8 Å². The number of hydrogen-bond acceptors (Lipinski definition) is 23. The predicted octanol–water partition coefficient (Wildman–Crippen LogP) is -2.20. The predicted molar refractivity (Wildman–Crippen MR) is 266 cm³/mol. The monoisotopic (exact) mass is 1110 g/mol. The molecule has 0 radical (unpaired) electrons. The average Bonchev–Trinajstić information content (AvgIpc) is 3.96. The van der Waals surface area contributed by atoms with Crippen molar-refractivity contribution >= 4 is 0 Å². The van der Waals surface area contributed by atoms with Crippen LogP contribution in [0.3, 0.4) is 0 Å². The van der Waals surface area contributed by atoms with Crippen LogP contribution in [0.5, 0.6) is 0 Å². The van der Waals surface area contributed by atoms with E-state index < -0.39 is 178 Å². The third-order valence-electron chi connectivity index (χ3n) is 20.9. The molecule has 77 heavy (non-hydrogen) atoms. The molecule has 8 fully saturated rings. The highest BCUT2D eigenvalue weighted by atomic mass is 16.8. The molecule has 4 saturated heterocycles. The molecule has 0 amide bonds. The quantitative estimate of drug-likeness (QED) is 0.0576. The van der Waals surface area contributed by atoms with Crippen molar-refractivity contribution in [3.63, 3.8) is 0 Å². The zero-order valence-electron chi connectivity index (χ0n) is 45.8. The summed E-state index contributed by atoms with van der Waals surface area (Å²) in [6, 6.07) is 0. The lowest BCUT2D eigenvalue weighted by Gasteiger charge is -2.71. The molecule has 30 atom stereocenters. The standard InChI is InChI=1S/C54H92O23/c1-23(2)10-9-14-54(8,77-48-44(69)40(65)37(62)29(74-48)22-70-46-42(67)38(63)34(59)26(19-55)71-46)24-11-16-53(7)33(24)25(58)18-31-51(5)15-13-32(50(3,4)30(51)12-17-52(31,53)6)75-49-45(41(66)36(61)28(21-57)73-49)76-47-43(68)39(64)35(60)27(20-56)72-47/h10,24-49,55-69H,9,11-22H2,1-8H3/t24-,25-,26+,27+,28+,29+,30?,31?,32?,33+,34+,35+,36+,37+,38-,39-,40-,41-,42+,43+,44+,45+,46+,47-,48-,49-,51-,52+,53-,54-/m0/s1. The fourth-order valence-corrected chi connectivity index (χ4v) is 16.3. The number of aliphatic hydroxyl groups is 15. The fraction of sp³-hybridized carbons (Fsp3) is 0.963. The lowest BCUT2D eigenvalue weighted by molar-refractivity contribution is -0.378. The zero-order valence-corrected chi connectivity index (χ0v) is 45.8. The minimum absolute atomic E-state index is 0.0374. The van der Waals surface area contributed by atoms with Gasteiger partial charge in [-0.25, -0.2) is 0 Å². The molecule has 4 aliphatic carbocycles. The molecular weight excluding hydrogens is 1020 g/mol. The first-order valence-corrected chi connectivity index (χ1v) is 27.9. The molecule has 8 aliphatic rings. The minimum Gasteiger partial charge on any atom is -0.394 e. The Bertz CT molecular complexity index is 1990. The molecule has 4 saturated carbocycles. The van der Waals surface area contributed by atoms with Crippen LogP contribution in [0.1, 0.15) is 113 Å². The maximum absolute atomic E-state index is 12.8. The van der Waals surface area contributed by atoms with Crippen LogP contribution in [0, 0.1) is 45.3 Å². The summed E-state index contributed by atoms with van der Waals surface area (Å²) in [5, 5.41) is 162. The second-order valence-electron chi connectivity index (χ2n) is 25.7. The van der Waals surface area contributed by atoms with Crippen LogP contribution in [0.15, 0.2) is 11.6 Å². The Morgan fingerprint density at radius 3 is 1.64 bits per heavy atom. The number of aliphatic hydroxyl groups excluding tert-OH is 15. The van der Waals surface area contributed by atoms with Gasteiger partial charge in [-0.3, -0.25) is 0 Å². The zero-order chi connectivity index (χ0) is 56.6. The molecule has 8 rings (SSSR count). The Balaban J connectivity index is 1.01. The van der Waals surface area contributed by atoms with Crippen molar-refractivity contribution < 1.29 is 114 Å². The van der Waals surface area contributed by atoms with Crippen molar-refractivity contribution in [2.75, 3.05) is 26.4 Å².